The van der Waals surface area contributed by atoms with Crippen LogP contribution in [0, 0.1) is 0 Å². The number of aryl methyl sites for hydroxylation is 1. The number of nitrogens with zero attached hydrogens (tertiary/aromatic N) is 2. The highest BCUT2D eigenvalue weighted by Gasteiger charge is 2.02. The summed E-state index contributed by atoms with van der Waals surface area (Å²) in [6.07, 6.45) is 4.98. The van der Waals surface area contributed by atoms with Crippen LogP contribution < -0.4 is 10.1 Å². The van der Waals surface area contributed by atoms with Crippen LogP contribution in [0.25, 0.3) is 0 Å². The second kappa shape index (κ2) is 6.10. The summed E-state index contributed by atoms with van der Waals surface area (Å²) >= 11 is 0. The van der Waals surface area contributed by atoms with Gasteiger partial charge in [0.2, 0.25) is 0 Å². The molecule has 1 aromatic heterocycles. The van der Waals surface area contributed by atoms with Crippen LogP contribution in [0.3, 0.4) is 0 Å². The van der Waals surface area contributed by atoms with Crippen molar-refractivity contribution in [3.05, 3.63) is 42.5 Å². The summed E-state index contributed by atoms with van der Waals surface area (Å²) in [5.74, 6) is 1.91. The quantitative estimate of drug-likeness (QED) is 0.850. The number of hydrogen-bond acceptors (Lipinski definition) is 3. The molecule has 0 aliphatic carbocycles. The molecule has 0 aliphatic rings. The third kappa shape index (κ3) is 3.03. The van der Waals surface area contributed by atoms with E-state index in [1.807, 2.05) is 36.7 Å². The van der Waals surface area contributed by atoms with E-state index in [4.69, 9.17) is 4.74 Å². The maximum Gasteiger partial charge on any atom is 0.128 e. The average molecular weight is 245 g/mol. The molecule has 0 aliphatic heterocycles. The largest absolute Gasteiger partial charge is 0.497 e. The summed E-state index contributed by atoms with van der Waals surface area (Å²) < 4.78 is 7.37. The molecule has 1 N–H and O–H groups in total. The Morgan fingerprint density at radius 2 is 2.28 bits per heavy atom. The molecule has 2 rings (SSSR count). The highest BCUT2D eigenvalue weighted by atomic mass is 16.5. The number of ether oxygens (including phenoxy) is 1. The Labute approximate surface area is 108 Å². The Hall–Kier alpha value is -1.97. The first-order valence-electron chi connectivity index (χ1n) is 6.21. The number of aromatic nitrogens is 2. The summed E-state index contributed by atoms with van der Waals surface area (Å²) in [5.41, 5.74) is 1.04. The second-order valence-electron chi connectivity index (χ2n) is 4.12. The minimum atomic E-state index is 0.722. The molecule has 0 atom stereocenters. The van der Waals surface area contributed by atoms with Gasteiger partial charge in [-0.15, -0.1) is 0 Å². The molecular weight excluding hydrogens is 226 g/mol. The third-order valence-corrected chi connectivity index (χ3v) is 2.79. The van der Waals surface area contributed by atoms with Gasteiger partial charge >= 0.3 is 0 Å². The maximum atomic E-state index is 5.19. The van der Waals surface area contributed by atoms with Gasteiger partial charge in [0, 0.05) is 30.7 Å². The third-order valence-electron chi connectivity index (χ3n) is 2.79. The molecule has 0 radical (unpaired) electrons. The predicted molar refractivity (Wildman–Crippen MR) is 72.8 cm³/mol. The molecule has 96 valence electrons. The van der Waals surface area contributed by atoms with Crippen LogP contribution in [0.5, 0.6) is 5.75 Å². The highest BCUT2D eigenvalue weighted by molar-refractivity contribution is 5.48. The fourth-order valence-electron chi connectivity index (χ4n) is 1.87. The van der Waals surface area contributed by atoms with E-state index in [0.29, 0.717) is 0 Å². The van der Waals surface area contributed by atoms with Crippen molar-refractivity contribution in [3.63, 3.8) is 0 Å². The van der Waals surface area contributed by atoms with Gasteiger partial charge in [-0.2, -0.15) is 0 Å². The van der Waals surface area contributed by atoms with Gasteiger partial charge in [-0.25, -0.2) is 4.98 Å². The minimum Gasteiger partial charge on any atom is -0.497 e. The van der Waals surface area contributed by atoms with Crippen LogP contribution in [0.15, 0.2) is 36.7 Å². The van der Waals surface area contributed by atoms with Crippen molar-refractivity contribution in [2.45, 2.75) is 26.4 Å². The van der Waals surface area contributed by atoms with E-state index in [9.17, 15) is 0 Å². The minimum absolute atomic E-state index is 0.722. The molecule has 0 saturated heterocycles. The molecule has 0 amide bonds. The SMILES string of the molecule is CCCn1ccnc1CNc1cccc(OC)c1. The number of benzene rings is 1. The van der Waals surface area contributed by atoms with Crippen molar-refractivity contribution in [1.29, 1.82) is 0 Å². The van der Waals surface area contributed by atoms with Gasteiger partial charge in [-0.3, -0.25) is 0 Å². The smallest absolute Gasteiger partial charge is 0.128 e. The van der Waals surface area contributed by atoms with Gasteiger partial charge in [0.05, 0.1) is 13.7 Å². The average Bonchev–Trinajstić information content (AvgIpc) is 2.85. The Kier molecular flexibility index (Phi) is 4.23. The van der Waals surface area contributed by atoms with Gasteiger partial charge in [0.1, 0.15) is 11.6 Å². The topological polar surface area (TPSA) is 39.1 Å². The first-order valence-corrected chi connectivity index (χ1v) is 6.21. The van der Waals surface area contributed by atoms with E-state index >= 15 is 0 Å². The Morgan fingerprint density at radius 1 is 1.39 bits per heavy atom. The molecule has 0 spiro atoms. The van der Waals surface area contributed by atoms with Crippen LogP contribution in [-0.2, 0) is 13.1 Å². The Morgan fingerprint density at radius 3 is 3.06 bits per heavy atom. The lowest BCUT2D eigenvalue weighted by Gasteiger charge is -2.09. The standard InChI is InChI=1S/C14H19N3O/c1-3-8-17-9-7-15-14(17)11-16-12-5-4-6-13(10-12)18-2/h4-7,9-10,16H,3,8,11H2,1-2H3. The monoisotopic (exact) mass is 245 g/mol. The Bertz CT molecular complexity index is 493. The molecule has 0 unspecified atom stereocenters. The number of hydrogen-bond donors (Lipinski definition) is 1. The summed E-state index contributed by atoms with van der Waals surface area (Å²) in [6.45, 7) is 3.90. The normalized spacial score (nSPS) is 10.3. The van der Waals surface area contributed by atoms with Crippen LogP contribution in [0.2, 0.25) is 0 Å². The van der Waals surface area contributed by atoms with Crippen molar-refractivity contribution in [3.8, 4) is 5.75 Å². The zero-order chi connectivity index (χ0) is 12.8. The lowest BCUT2D eigenvalue weighted by atomic mass is 10.3. The number of imidazole rings is 1. The number of rotatable bonds is 6. The Balaban J connectivity index is 1.99. The predicted octanol–water partition coefficient (Wildman–Crippen LogP) is 2.91. The summed E-state index contributed by atoms with van der Waals surface area (Å²) in [7, 11) is 1.67. The van der Waals surface area contributed by atoms with Gasteiger partial charge in [-0.1, -0.05) is 13.0 Å². The van der Waals surface area contributed by atoms with Gasteiger partial charge in [0.25, 0.3) is 0 Å². The van der Waals surface area contributed by atoms with E-state index < -0.39 is 0 Å². The van der Waals surface area contributed by atoms with Gasteiger partial charge in [0.15, 0.2) is 0 Å². The lowest BCUT2D eigenvalue weighted by molar-refractivity contribution is 0.415. The lowest BCUT2D eigenvalue weighted by Crippen LogP contribution is -2.08. The molecule has 4 heteroatoms. The molecule has 18 heavy (non-hydrogen) atoms. The zero-order valence-electron chi connectivity index (χ0n) is 10.9. The molecule has 0 fully saturated rings. The first kappa shape index (κ1) is 12.5. The molecular formula is C14H19N3O. The molecule has 1 heterocycles. The van der Waals surface area contributed by atoms with Crippen LogP contribution in [0.1, 0.15) is 19.2 Å². The van der Waals surface area contributed by atoms with Crippen LogP contribution in [-0.4, -0.2) is 16.7 Å². The zero-order valence-corrected chi connectivity index (χ0v) is 10.9. The van der Waals surface area contributed by atoms with E-state index in [0.717, 1.165) is 36.8 Å². The summed E-state index contributed by atoms with van der Waals surface area (Å²) in [6, 6.07) is 7.91. The van der Waals surface area contributed by atoms with Crippen molar-refractivity contribution in [2.24, 2.45) is 0 Å². The summed E-state index contributed by atoms with van der Waals surface area (Å²) in [5, 5.41) is 3.36. The van der Waals surface area contributed by atoms with E-state index in [-0.39, 0.29) is 0 Å². The van der Waals surface area contributed by atoms with Crippen molar-refractivity contribution < 1.29 is 4.74 Å². The van der Waals surface area contributed by atoms with Crippen LogP contribution in [0.4, 0.5) is 5.69 Å². The molecule has 1 aromatic carbocycles. The second-order valence-corrected chi connectivity index (χ2v) is 4.12. The highest BCUT2D eigenvalue weighted by Crippen LogP contribution is 2.17. The maximum absolute atomic E-state index is 5.19. The molecule has 0 saturated carbocycles. The number of methoxy groups -OCH3 is 1. The van der Waals surface area contributed by atoms with Gasteiger partial charge < -0.3 is 14.6 Å². The van der Waals surface area contributed by atoms with E-state index in [2.05, 4.69) is 21.8 Å². The van der Waals surface area contributed by atoms with Crippen molar-refractivity contribution in [2.75, 3.05) is 12.4 Å². The summed E-state index contributed by atoms with van der Waals surface area (Å²) in [4.78, 5) is 4.36. The number of anilines is 1. The first-order chi connectivity index (χ1) is 8.83. The molecule has 2 aromatic rings. The fraction of sp³-hybridized carbons (Fsp3) is 0.357. The van der Waals surface area contributed by atoms with E-state index in [1.165, 1.54) is 0 Å². The fourth-order valence-corrected chi connectivity index (χ4v) is 1.87. The van der Waals surface area contributed by atoms with Crippen molar-refractivity contribution >= 4 is 5.69 Å². The van der Waals surface area contributed by atoms with E-state index in [1.54, 1.807) is 7.11 Å². The number of nitrogens with one attached hydrogen (secondary N) is 1. The van der Waals surface area contributed by atoms with Gasteiger partial charge in [-0.05, 0) is 18.6 Å². The van der Waals surface area contributed by atoms with Crippen LogP contribution >= 0.6 is 0 Å². The molecule has 4 nitrogen and oxygen atoms in total. The van der Waals surface area contributed by atoms with Crippen molar-refractivity contribution in [1.82, 2.24) is 9.55 Å². The molecule has 0 bridgehead atoms.